The number of hydrogen-bond acceptors (Lipinski definition) is 6. The number of ketones is 1. The number of Topliss-reactive ketones (excluding diaryl/α,β-unsaturated/α-hetero) is 1. The van der Waals surface area contributed by atoms with Crippen LogP contribution in [0.2, 0.25) is 0 Å². The first-order valence-corrected chi connectivity index (χ1v) is 9.72. The zero-order valence-corrected chi connectivity index (χ0v) is 17.8. The van der Waals surface area contributed by atoms with Crippen LogP contribution in [0.15, 0.2) is 59.6 Å². The van der Waals surface area contributed by atoms with Crippen molar-refractivity contribution in [3.63, 3.8) is 0 Å². The maximum Gasteiger partial charge on any atom is 0.310 e. The molecule has 0 saturated carbocycles. The van der Waals surface area contributed by atoms with Crippen molar-refractivity contribution in [1.29, 1.82) is 0 Å². The minimum atomic E-state index is -0.635. The van der Waals surface area contributed by atoms with Gasteiger partial charge in [0.1, 0.15) is 12.1 Å². The summed E-state index contributed by atoms with van der Waals surface area (Å²) in [5.74, 6) is -1.08. The molecule has 0 bridgehead atoms. The Morgan fingerprint density at radius 1 is 1.06 bits per heavy atom. The van der Waals surface area contributed by atoms with Gasteiger partial charge in [0.05, 0.1) is 6.42 Å². The number of rotatable bonds is 8. The zero-order valence-electron chi connectivity index (χ0n) is 17.8. The van der Waals surface area contributed by atoms with Gasteiger partial charge in [0.2, 0.25) is 0 Å². The average Bonchev–Trinajstić information content (AvgIpc) is 2.71. The predicted octanol–water partition coefficient (Wildman–Crippen LogP) is 3.39. The van der Waals surface area contributed by atoms with Crippen molar-refractivity contribution in [2.24, 2.45) is 4.99 Å². The number of esters is 1. The van der Waals surface area contributed by atoms with E-state index in [1.165, 1.54) is 17.6 Å². The van der Waals surface area contributed by atoms with Crippen molar-refractivity contribution in [1.82, 2.24) is 5.48 Å². The quantitative estimate of drug-likeness (QED) is 0.169. The number of amides is 1. The van der Waals surface area contributed by atoms with E-state index in [2.05, 4.69) is 4.99 Å². The molecule has 2 aromatic carbocycles. The summed E-state index contributed by atoms with van der Waals surface area (Å²) in [4.78, 5) is 39.5. The molecule has 0 aliphatic heterocycles. The number of carbonyl (C=O) groups excluding carboxylic acids is 3. The van der Waals surface area contributed by atoms with E-state index in [4.69, 9.17) is 9.94 Å². The summed E-state index contributed by atoms with van der Waals surface area (Å²) in [5.41, 5.74) is 3.79. The first-order valence-electron chi connectivity index (χ1n) is 9.72. The number of benzene rings is 2. The smallest absolute Gasteiger partial charge is 0.310 e. The fourth-order valence-corrected chi connectivity index (χ4v) is 2.64. The van der Waals surface area contributed by atoms with E-state index in [1.807, 2.05) is 45.0 Å². The number of hydroxylamine groups is 1. The summed E-state index contributed by atoms with van der Waals surface area (Å²) in [6, 6.07) is 14.0. The average molecular weight is 422 g/mol. The molecule has 0 heterocycles. The van der Waals surface area contributed by atoms with E-state index in [9.17, 15) is 14.4 Å². The summed E-state index contributed by atoms with van der Waals surface area (Å²) >= 11 is 0. The molecular formula is C24H26N2O5. The molecule has 0 aromatic heterocycles. The maximum absolute atomic E-state index is 12.3. The predicted molar refractivity (Wildman–Crippen MR) is 118 cm³/mol. The second-order valence-electron chi connectivity index (χ2n) is 7.83. The molecular weight excluding hydrogens is 396 g/mol. The largest absolute Gasteiger partial charge is 0.460 e. The van der Waals surface area contributed by atoms with E-state index in [-0.39, 0.29) is 24.7 Å². The molecule has 0 unspecified atom stereocenters. The number of nitrogens with one attached hydrogen (secondary N) is 1. The monoisotopic (exact) mass is 422 g/mol. The van der Waals surface area contributed by atoms with Crippen molar-refractivity contribution < 1.29 is 24.3 Å². The molecule has 1 amide bonds. The number of carbonyl (C=O) groups is 3. The minimum Gasteiger partial charge on any atom is -0.460 e. The standard InChI is InChI=1S/C24H26N2O5/c1-24(2,3)31-23(29)14-18-5-4-6-19(13-18)15-25-16-21(27)20-10-7-17(8-11-20)9-12-22(28)26-30/h4-13,15,30H,14,16H2,1-3H3,(H,26,28)/b12-9+,25-15?. The molecule has 7 nitrogen and oxygen atoms in total. The van der Waals surface area contributed by atoms with Gasteiger partial charge in [-0.3, -0.25) is 24.6 Å². The van der Waals surface area contributed by atoms with Crippen molar-refractivity contribution in [3.05, 3.63) is 76.9 Å². The Kier molecular flexibility index (Phi) is 8.40. The van der Waals surface area contributed by atoms with Gasteiger partial charge in [-0.25, -0.2) is 5.48 Å². The van der Waals surface area contributed by atoms with Gasteiger partial charge in [0.15, 0.2) is 5.78 Å². The molecule has 162 valence electrons. The van der Waals surface area contributed by atoms with Crippen LogP contribution in [0.3, 0.4) is 0 Å². The Morgan fingerprint density at radius 3 is 2.42 bits per heavy atom. The second-order valence-corrected chi connectivity index (χ2v) is 7.83. The highest BCUT2D eigenvalue weighted by molar-refractivity contribution is 5.99. The van der Waals surface area contributed by atoms with Crippen molar-refractivity contribution in [2.75, 3.05) is 6.54 Å². The van der Waals surface area contributed by atoms with Crippen molar-refractivity contribution >= 4 is 30.0 Å². The molecule has 0 atom stereocenters. The summed E-state index contributed by atoms with van der Waals surface area (Å²) in [6.45, 7) is 5.46. The normalized spacial score (nSPS) is 11.6. The third-order valence-electron chi connectivity index (χ3n) is 3.96. The van der Waals surface area contributed by atoms with Gasteiger partial charge in [-0.2, -0.15) is 0 Å². The Labute approximate surface area is 181 Å². The second kappa shape index (κ2) is 11.0. The van der Waals surface area contributed by atoms with Crippen molar-refractivity contribution in [2.45, 2.75) is 32.8 Å². The molecule has 7 heteroatoms. The number of aliphatic imine (C=N–C) groups is 1. The lowest BCUT2D eigenvalue weighted by Crippen LogP contribution is -2.24. The summed E-state index contributed by atoms with van der Waals surface area (Å²) in [7, 11) is 0. The van der Waals surface area contributed by atoms with Crippen LogP contribution in [0.1, 0.15) is 47.8 Å². The Hall–Kier alpha value is -3.58. The van der Waals surface area contributed by atoms with Crippen LogP contribution in [-0.2, 0) is 20.7 Å². The highest BCUT2D eigenvalue weighted by atomic mass is 16.6. The topological polar surface area (TPSA) is 105 Å². The van der Waals surface area contributed by atoms with Gasteiger partial charge in [-0.15, -0.1) is 0 Å². The van der Waals surface area contributed by atoms with E-state index in [1.54, 1.807) is 30.5 Å². The van der Waals surface area contributed by atoms with Crippen LogP contribution in [0.4, 0.5) is 0 Å². The lowest BCUT2D eigenvalue weighted by molar-refractivity contribution is -0.153. The summed E-state index contributed by atoms with van der Waals surface area (Å²) in [6.07, 6.45) is 4.46. The van der Waals surface area contributed by atoms with Gasteiger partial charge >= 0.3 is 5.97 Å². The molecule has 0 radical (unpaired) electrons. The number of nitrogens with zero attached hydrogens (tertiary/aromatic N) is 1. The minimum absolute atomic E-state index is 0.0155. The van der Waals surface area contributed by atoms with Crippen LogP contribution in [0, 0.1) is 0 Å². The van der Waals surface area contributed by atoms with Gasteiger partial charge in [0.25, 0.3) is 5.91 Å². The summed E-state index contributed by atoms with van der Waals surface area (Å²) in [5, 5.41) is 8.46. The number of hydrogen-bond donors (Lipinski definition) is 2. The van der Waals surface area contributed by atoms with Crippen LogP contribution in [-0.4, -0.2) is 41.2 Å². The molecule has 0 aliphatic rings. The lowest BCUT2D eigenvalue weighted by atomic mass is 10.1. The van der Waals surface area contributed by atoms with Crippen molar-refractivity contribution in [3.8, 4) is 0 Å². The fraction of sp³-hybridized carbons (Fsp3) is 0.250. The fourth-order valence-electron chi connectivity index (χ4n) is 2.64. The third-order valence-corrected chi connectivity index (χ3v) is 3.96. The van der Waals surface area contributed by atoms with E-state index in [0.29, 0.717) is 11.1 Å². The SMILES string of the molecule is CC(C)(C)OC(=O)Cc1cccc(C=NCC(=O)c2ccc(/C=C/C(=O)NO)cc2)c1. The highest BCUT2D eigenvalue weighted by Crippen LogP contribution is 2.11. The van der Waals surface area contributed by atoms with Crippen LogP contribution >= 0.6 is 0 Å². The molecule has 0 aliphatic carbocycles. The van der Waals surface area contributed by atoms with Gasteiger partial charge < -0.3 is 4.74 Å². The molecule has 2 N–H and O–H groups in total. The Morgan fingerprint density at radius 2 is 1.77 bits per heavy atom. The Balaban J connectivity index is 1.93. The first-order chi connectivity index (χ1) is 14.7. The summed E-state index contributed by atoms with van der Waals surface area (Å²) < 4.78 is 5.33. The van der Waals surface area contributed by atoms with E-state index < -0.39 is 11.5 Å². The molecule has 2 rings (SSSR count). The van der Waals surface area contributed by atoms with Gasteiger partial charge in [-0.05, 0) is 49.6 Å². The molecule has 0 fully saturated rings. The van der Waals surface area contributed by atoms with E-state index >= 15 is 0 Å². The van der Waals surface area contributed by atoms with E-state index in [0.717, 1.165) is 11.1 Å². The van der Waals surface area contributed by atoms with Crippen LogP contribution in [0.5, 0.6) is 0 Å². The lowest BCUT2D eigenvalue weighted by Gasteiger charge is -2.19. The Bertz CT molecular complexity index is 986. The van der Waals surface area contributed by atoms with Crippen LogP contribution in [0.25, 0.3) is 6.08 Å². The molecule has 0 saturated heterocycles. The van der Waals surface area contributed by atoms with Crippen LogP contribution < -0.4 is 5.48 Å². The van der Waals surface area contributed by atoms with Gasteiger partial charge in [0, 0.05) is 17.9 Å². The third kappa shape index (κ3) is 8.76. The maximum atomic E-state index is 12.3. The molecule has 2 aromatic rings. The number of ether oxygens (including phenoxy) is 1. The molecule has 31 heavy (non-hydrogen) atoms. The highest BCUT2D eigenvalue weighted by Gasteiger charge is 2.16. The molecule has 0 spiro atoms. The first kappa shape index (κ1) is 23.7. The van der Waals surface area contributed by atoms with Gasteiger partial charge in [-0.1, -0.05) is 42.5 Å². The zero-order chi connectivity index (χ0) is 22.9.